The average molecular weight is 463 g/mol. The van der Waals surface area contributed by atoms with Crippen LogP contribution < -0.4 is 14.2 Å². The number of hydrogen-bond donors (Lipinski definition) is 0. The number of methoxy groups -OCH3 is 1. The molecule has 0 radical (unpaired) electrons. The van der Waals surface area contributed by atoms with Crippen molar-refractivity contribution in [3.05, 3.63) is 78.1 Å². The lowest BCUT2D eigenvalue weighted by Crippen LogP contribution is -2.05. The van der Waals surface area contributed by atoms with Gasteiger partial charge in [-0.1, -0.05) is 11.8 Å². The molecule has 0 fully saturated rings. The van der Waals surface area contributed by atoms with Gasteiger partial charge in [-0.2, -0.15) is 0 Å². The Morgan fingerprint density at radius 3 is 2.55 bits per heavy atom. The topological polar surface area (TPSA) is 75.5 Å². The number of rotatable bonds is 7. The summed E-state index contributed by atoms with van der Waals surface area (Å²) >= 11 is 1.26. The molecule has 7 nitrogen and oxygen atoms in total. The van der Waals surface area contributed by atoms with Gasteiger partial charge < -0.3 is 14.2 Å². The van der Waals surface area contributed by atoms with Gasteiger partial charge in [0.2, 0.25) is 6.79 Å². The Morgan fingerprint density at radius 2 is 1.79 bits per heavy atom. The lowest BCUT2D eigenvalue weighted by atomic mass is 10.1. The first-order valence-corrected chi connectivity index (χ1v) is 11.0. The summed E-state index contributed by atoms with van der Waals surface area (Å²) in [6, 6.07) is 18.5. The van der Waals surface area contributed by atoms with Crippen LogP contribution in [0.4, 0.5) is 4.39 Å². The van der Waals surface area contributed by atoms with E-state index in [0.717, 1.165) is 17.0 Å². The summed E-state index contributed by atoms with van der Waals surface area (Å²) < 4.78 is 31.2. The summed E-state index contributed by atoms with van der Waals surface area (Å²) in [5.74, 6) is 2.24. The molecular weight excluding hydrogens is 445 g/mol. The number of Topliss-reactive ketones (excluding diaryl/α,β-unsaturated/α-hetero) is 1. The van der Waals surface area contributed by atoms with Gasteiger partial charge in [0, 0.05) is 16.8 Å². The van der Waals surface area contributed by atoms with Crippen LogP contribution >= 0.6 is 11.8 Å². The second-order valence-electron chi connectivity index (χ2n) is 7.13. The summed E-state index contributed by atoms with van der Waals surface area (Å²) in [6.07, 6.45) is 0. The number of ketones is 1. The maximum Gasteiger partial charge on any atom is 0.231 e. The summed E-state index contributed by atoms with van der Waals surface area (Å²) in [6.45, 7) is 0.177. The Labute approximate surface area is 193 Å². The number of aromatic nitrogens is 3. The Kier molecular flexibility index (Phi) is 5.70. The molecule has 5 rings (SSSR count). The maximum atomic E-state index is 13.2. The zero-order chi connectivity index (χ0) is 22.8. The van der Waals surface area contributed by atoms with E-state index in [2.05, 4.69) is 10.2 Å². The zero-order valence-electron chi connectivity index (χ0n) is 17.5. The van der Waals surface area contributed by atoms with E-state index in [1.165, 1.54) is 36.0 Å². The number of fused-ring (bicyclic) bond motifs is 1. The van der Waals surface area contributed by atoms with Crippen molar-refractivity contribution >= 4 is 17.5 Å². The fraction of sp³-hybridized carbons (Fsp3) is 0.125. The normalized spacial score (nSPS) is 12.1. The van der Waals surface area contributed by atoms with Gasteiger partial charge in [-0.25, -0.2) is 4.39 Å². The molecule has 0 aliphatic carbocycles. The molecule has 0 saturated heterocycles. The predicted octanol–water partition coefficient (Wildman–Crippen LogP) is 4.79. The quantitative estimate of drug-likeness (QED) is 0.288. The zero-order valence-corrected chi connectivity index (χ0v) is 18.3. The molecule has 0 unspecified atom stereocenters. The van der Waals surface area contributed by atoms with Gasteiger partial charge in [0.15, 0.2) is 28.3 Å². The van der Waals surface area contributed by atoms with Crippen molar-refractivity contribution in [3.63, 3.8) is 0 Å². The van der Waals surface area contributed by atoms with Crippen molar-refractivity contribution in [3.8, 4) is 34.3 Å². The first-order valence-electron chi connectivity index (χ1n) is 10.0. The number of hydrogen-bond acceptors (Lipinski definition) is 7. The summed E-state index contributed by atoms with van der Waals surface area (Å²) in [4.78, 5) is 12.6. The molecule has 33 heavy (non-hydrogen) atoms. The van der Waals surface area contributed by atoms with E-state index >= 15 is 0 Å². The van der Waals surface area contributed by atoms with Gasteiger partial charge in [-0.15, -0.1) is 10.2 Å². The van der Waals surface area contributed by atoms with E-state index < -0.39 is 0 Å². The van der Waals surface area contributed by atoms with Crippen LogP contribution in [0, 0.1) is 5.82 Å². The van der Waals surface area contributed by atoms with Crippen LogP contribution in [0.15, 0.2) is 71.9 Å². The second kappa shape index (κ2) is 8.95. The van der Waals surface area contributed by atoms with Crippen LogP contribution in [-0.4, -0.2) is 40.2 Å². The minimum atomic E-state index is -0.383. The number of carbonyl (C=O) groups excluding carboxylic acids is 1. The molecule has 3 aromatic carbocycles. The van der Waals surface area contributed by atoms with Gasteiger partial charge >= 0.3 is 0 Å². The molecule has 2 heterocycles. The van der Waals surface area contributed by atoms with Crippen molar-refractivity contribution < 1.29 is 23.4 Å². The van der Waals surface area contributed by atoms with Crippen molar-refractivity contribution in [1.82, 2.24) is 14.8 Å². The highest BCUT2D eigenvalue weighted by atomic mass is 32.2. The molecule has 0 amide bonds. The van der Waals surface area contributed by atoms with Crippen molar-refractivity contribution in [2.75, 3.05) is 19.7 Å². The SMILES string of the molecule is COc1ccc(-n2c(SCC(=O)c3ccc(F)cc3)nnc2-c2ccc3c(c2)OCO3)cc1. The summed E-state index contributed by atoms with van der Waals surface area (Å²) in [7, 11) is 1.61. The summed E-state index contributed by atoms with van der Waals surface area (Å²) in [5.41, 5.74) is 2.04. The number of nitrogens with zero attached hydrogens (tertiary/aromatic N) is 3. The van der Waals surface area contributed by atoms with Gasteiger partial charge in [0.1, 0.15) is 11.6 Å². The third kappa shape index (κ3) is 4.27. The molecule has 0 bridgehead atoms. The third-order valence-corrected chi connectivity index (χ3v) is 6.02. The van der Waals surface area contributed by atoms with E-state index in [-0.39, 0.29) is 24.1 Å². The lowest BCUT2D eigenvalue weighted by molar-refractivity contribution is 0.102. The molecule has 1 aliphatic heterocycles. The van der Waals surface area contributed by atoms with Crippen molar-refractivity contribution in [2.45, 2.75) is 5.16 Å². The van der Waals surface area contributed by atoms with Crippen LogP contribution in [0.5, 0.6) is 17.2 Å². The molecule has 0 N–H and O–H groups in total. The molecule has 0 spiro atoms. The second-order valence-corrected chi connectivity index (χ2v) is 8.07. The van der Waals surface area contributed by atoms with E-state index in [4.69, 9.17) is 14.2 Å². The highest BCUT2D eigenvalue weighted by molar-refractivity contribution is 7.99. The number of ether oxygens (including phenoxy) is 3. The minimum Gasteiger partial charge on any atom is -0.497 e. The Morgan fingerprint density at radius 1 is 1.03 bits per heavy atom. The van der Waals surface area contributed by atoms with E-state index in [1.54, 1.807) is 7.11 Å². The molecule has 0 atom stereocenters. The van der Waals surface area contributed by atoms with Crippen LogP contribution in [0.1, 0.15) is 10.4 Å². The molecule has 1 aromatic heterocycles. The first kappa shape index (κ1) is 21.0. The van der Waals surface area contributed by atoms with Gasteiger partial charge in [0.25, 0.3) is 0 Å². The summed E-state index contributed by atoms with van der Waals surface area (Å²) in [5, 5.41) is 9.29. The average Bonchev–Trinajstić information content (AvgIpc) is 3.49. The number of benzene rings is 3. The van der Waals surface area contributed by atoms with Crippen molar-refractivity contribution in [2.24, 2.45) is 0 Å². The van der Waals surface area contributed by atoms with E-state index in [1.807, 2.05) is 47.0 Å². The van der Waals surface area contributed by atoms with Crippen LogP contribution in [-0.2, 0) is 0 Å². The van der Waals surface area contributed by atoms with Crippen molar-refractivity contribution in [1.29, 1.82) is 0 Å². The fourth-order valence-corrected chi connectivity index (χ4v) is 4.25. The van der Waals surface area contributed by atoms with Gasteiger partial charge in [-0.05, 0) is 66.7 Å². The molecule has 0 saturated carbocycles. The number of thioether (sulfide) groups is 1. The molecule has 166 valence electrons. The number of carbonyl (C=O) groups is 1. The highest BCUT2D eigenvalue weighted by Gasteiger charge is 2.21. The Balaban J connectivity index is 1.49. The van der Waals surface area contributed by atoms with Crippen LogP contribution in [0.2, 0.25) is 0 Å². The smallest absolute Gasteiger partial charge is 0.231 e. The molecule has 9 heteroatoms. The van der Waals surface area contributed by atoms with E-state index in [0.29, 0.717) is 28.0 Å². The highest BCUT2D eigenvalue weighted by Crippen LogP contribution is 2.37. The van der Waals surface area contributed by atoms with Crippen LogP contribution in [0.3, 0.4) is 0 Å². The minimum absolute atomic E-state index is 0.126. The predicted molar refractivity (Wildman–Crippen MR) is 121 cm³/mol. The molecular formula is C24H18FN3O4S. The largest absolute Gasteiger partial charge is 0.497 e. The third-order valence-electron chi connectivity index (χ3n) is 5.09. The standard InChI is InChI=1S/C24H18FN3O4S/c1-30-19-9-7-18(8-10-19)28-23(16-4-11-21-22(12-16)32-14-31-21)26-27-24(28)33-13-20(29)15-2-5-17(25)6-3-15/h2-12H,13-14H2,1H3. The first-order chi connectivity index (χ1) is 16.1. The molecule has 4 aromatic rings. The Hall–Kier alpha value is -3.85. The van der Waals surface area contributed by atoms with E-state index in [9.17, 15) is 9.18 Å². The lowest BCUT2D eigenvalue weighted by Gasteiger charge is -2.11. The van der Waals surface area contributed by atoms with Gasteiger partial charge in [0.05, 0.1) is 12.9 Å². The monoisotopic (exact) mass is 463 g/mol. The Bertz CT molecular complexity index is 1310. The fourth-order valence-electron chi connectivity index (χ4n) is 3.40. The molecule has 1 aliphatic rings. The van der Waals surface area contributed by atoms with Gasteiger partial charge in [-0.3, -0.25) is 9.36 Å². The maximum absolute atomic E-state index is 13.2. The number of halogens is 1. The van der Waals surface area contributed by atoms with Crippen LogP contribution in [0.25, 0.3) is 17.1 Å².